The van der Waals surface area contributed by atoms with Crippen molar-refractivity contribution in [3.05, 3.63) is 57.8 Å². The number of carbonyl (C=O) groups is 1. The number of benzene rings is 2. The van der Waals surface area contributed by atoms with Crippen LogP contribution in [0.1, 0.15) is 18.1 Å². The molecule has 0 saturated heterocycles. The van der Waals surface area contributed by atoms with E-state index >= 15 is 0 Å². The van der Waals surface area contributed by atoms with Crippen molar-refractivity contribution in [2.45, 2.75) is 26.5 Å². The zero-order valence-corrected chi connectivity index (χ0v) is 15.4. The molecular weight excluding hydrogens is 374 g/mol. The van der Waals surface area contributed by atoms with Crippen LogP contribution >= 0.6 is 15.9 Å². The number of carbonyl (C=O) groups excluding carboxylic acids is 1. The molecule has 0 amide bonds. The van der Waals surface area contributed by atoms with Gasteiger partial charge in [-0.05, 0) is 54.7 Å². The zero-order chi connectivity index (χ0) is 17.5. The van der Waals surface area contributed by atoms with Crippen molar-refractivity contribution in [2.24, 2.45) is 0 Å². The van der Waals surface area contributed by atoms with Crippen LogP contribution in [0.25, 0.3) is 0 Å². The smallest absolute Gasteiger partial charge is 0.310 e. The summed E-state index contributed by atoms with van der Waals surface area (Å²) in [5, 5.41) is 0. The molecule has 3 nitrogen and oxygen atoms in total. The third-order valence-corrected chi connectivity index (χ3v) is 3.85. The molecule has 0 radical (unpaired) electrons. The lowest BCUT2D eigenvalue weighted by atomic mass is 9.75. The molecule has 6 heteroatoms. The van der Waals surface area contributed by atoms with Crippen molar-refractivity contribution in [3.8, 4) is 11.5 Å². The predicted octanol–water partition coefficient (Wildman–Crippen LogP) is 4.47. The highest BCUT2D eigenvalue weighted by molar-refractivity contribution is 9.10. The Bertz CT molecular complexity index is 721. The minimum atomic E-state index is -0.444. The molecule has 0 heterocycles. The maximum Gasteiger partial charge on any atom is 0.310 e. The maximum absolute atomic E-state index is 13.8. The average molecular weight is 393 g/mol. The summed E-state index contributed by atoms with van der Waals surface area (Å²) in [7, 11) is 0.976. The number of rotatable bonds is 7. The van der Waals surface area contributed by atoms with E-state index in [4.69, 9.17) is 9.47 Å². The zero-order valence-electron chi connectivity index (χ0n) is 13.8. The molecule has 0 aliphatic rings. The predicted molar refractivity (Wildman–Crippen MR) is 97.7 cm³/mol. The molecule has 2 rings (SSSR count). The van der Waals surface area contributed by atoms with Gasteiger partial charge in [0.15, 0.2) is 0 Å². The molecule has 0 unspecified atom stereocenters. The normalized spacial score (nSPS) is 10.3. The Morgan fingerprint density at radius 1 is 1.25 bits per heavy atom. The van der Waals surface area contributed by atoms with Gasteiger partial charge in [-0.3, -0.25) is 4.79 Å². The van der Waals surface area contributed by atoms with E-state index in [1.165, 1.54) is 12.1 Å². The van der Waals surface area contributed by atoms with E-state index in [1.807, 2.05) is 18.2 Å². The Kier molecular flexibility index (Phi) is 6.85. The van der Waals surface area contributed by atoms with Gasteiger partial charge in [0, 0.05) is 10.5 Å². The van der Waals surface area contributed by atoms with Crippen molar-refractivity contribution in [2.75, 3.05) is 6.61 Å². The molecule has 0 bridgehead atoms. The summed E-state index contributed by atoms with van der Waals surface area (Å²) < 4.78 is 25.6. The molecular formula is C18H19BBrFO3. The molecule has 126 valence electrons. The second-order valence-corrected chi connectivity index (χ2v) is 6.30. The van der Waals surface area contributed by atoms with Crippen molar-refractivity contribution in [3.63, 3.8) is 0 Å². The van der Waals surface area contributed by atoms with Crippen LogP contribution in [-0.4, -0.2) is 19.9 Å². The second kappa shape index (κ2) is 8.88. The fourth-order valence-corrected chi connectivity index (χ4v) is 2.81. The second-order valence-electron chi connectivity index (χ2n) is 5.38. The first-order chi connectivity index (χ1) is 11.5. The summed E-state index contributed by atoms with van der Waals surface area (Å²) in [6, 6.07) is 10.0. The van der Waals surface area contributed by atoms with Crippen molar-refractivity contribution >= 4 is 29.2 Å². The Hall–Kier alpha value is -1.82. The van der Waals surface area contributed by atoms with Gasteiger partial charge in [0.1, 0.15) is 24.6 Å². The molecule has 24 heavy (non-hydrogen) atoms. The van der Waals surface area contributed by atoms with Gasteiger partial charge in [-0.15, -0.1) is 0 Å². The van der Waals surface area contributed by atoms with Crippen LogP contribution < -0.4 is 4.74 Å². The molecule has 2 aromatic rings. The molecule has 0 N–H and O–H groups in total. The van der Waals surface area contributed by atoms with Gasteiger partial charge in [-0.25, -0.2) is 4.39 Å². The number of hydrogen-bond donors (Lipinski definition) is 0. The van der Waals surface area contributed by atoms with Crippen LogP contribution in [0.5, 0.6) is 11.5 Å². The monoisotopic (exact) mass is 392 g/mol. The Labute approximate surface area is 150 Å². The number of ether oxygens (including phenoxy) is 2. The SMILES string of the molecule is CBCc1cc(Br)ccc1Oc1cc(F)cc(CC(=O)OCC)c1. The minimum Gasteiger partial charge on any atom is -0.466 e. The molecule has 0 aromatic heterocycles. The van der Waals surface area contributed by atoms with Crippen LogP contribution in [0.15, 0.2) is 40.9 Å². The van der Waals surface area contributed by atoms with Gasteiger partial charge in [0.25, 0.3) is 0 Å². The van der Waals surface area contributed by atoms with Crippen molar-refractivity contribution < 1.29 is 18.7 Å². The van der Waals surface area contributed by atoms with E-state index in [0.29, 0.717) is 23.7 Å². The molecule has 0 atom stereocenters. The minimum absolute atomic E-state index is 0.0180. The lowest BCUT2D eigenvalue weighted by Crippen LogP contribution is -2.07. The first kappa shape index (κ1) is 18.5. The largest absolute Gasteiger partial charge is 0.466 e. The fraction of sp³-hybridized carbons (Fsp3) is 0.278. The van der Waals surface area contributed by atoms with Crippen LogP contribution in [0.4, 0.5) is 4.39 Å². The molecule has 0 aliphatic carbocycles. The number of hydrogen-bond acceptors (Lipinski definition) is 3. The highest BCUT2D eigenvalue weighted by Gasteiger charge is 2.10. The third-order valence-electron chi connectivity index (χ3n) is 3.35. The summed E-state index contributed by atoms with van der Waals surface area (Å²) in [5.74, 6) is 0.229. The van der Waals surface area contributed by atoms with Crippen molar-refractivity contribution in [1.29, 1.82) is 0 Å². The van der Waals surface area contributed by atoms with E-state index in [-0.39, 0.29) is 12.4 Å². The van der Waals surface area contributed by atoms with Crippen LogP contribution in [0, 0.1) is 5.82 Å². The summed E-state index contributed by atoms with van der Waals surface area (Å²) in [6.07, 6.45) is 0.879. The fourth-order valence-electron chi connectivity index (χ4n) is 2.40. The average Bonchev–Trinajstić information content (AvgIpc) is 2.50. The third kappa shape index (κ3) is 5.37. The van der Waals surface area contributed by atoms with E-state index < -0.39 is 5.82 Å². The maximum atomic E-state index is 13.8. The van der Waals surface area contributed by atoms with Crippen molar-refractivity contribution in [1.82, 2.24) is 0 Å². The topological polar surface area (TPSA) is 35.5 Å². The highest BCUT2D eigenvalue weighted by Crippen LogP contribution is 2.29. The quantitative estimate of drug-likeness (QED) is 0.515. The van der Waals surface area contributed by atoms with E-state index in [0.717, 1.165) is 23.6 Å². The molecule has 0 aliphatic heterocycles. The summed E-state index contributed by atoms with van der Waals surface area (Å²) in [6.45, 7) is 4.13. The van der Waals surface area contributed by atoms with Gasteiger partial charge in [-0.2, -0.15) is 0 Å². The van der Waals surface area contributed by atoms with Crippen LogP contribution in [0.3, 0.4) is 0 Å². The van der Waals surface area contributed by atoms with Gasteiger partial charge < -0.3 is 9.47 Å². The lowest BCUT2D eigenvalue weighted by Gasteiger charge is -2.12. The summed E-state index contributed by atoms with van der Waals surface area (Å²) in [4.78, 5) is 11.6. The highest BCUT2D eigenvalue weighted by atomic mass is 79.9. The lowest BCUT2D eigenvalue weighted by molar-refractivity contribution is -0.142. The van der Waals surface area contributed by atoms with E-state index in [2.05, 4.69) is 22.8 Å². The number of esters is 1. The van der Waals surface area contributed by atoms with Gasteiger partial charge >= 0.3 is 5.97 Å². The Morgan fingerprint density at radius 3 is 2.75 bits per heavy atom. The summed E-state index contributed by atoms with van der Waals surface area (Å²) >= 11 is 3.45. The molecule has 0 saturated carbocycles. The van der Waals surface area contributed by atoms with Gasteiger partial charge in [-0.1, -0.05) is 22.8 Å². The molecule has 2 aromatic carbocycles. The standard InChI is InChI=1S/C18H19BBrFO3/c1-3-23-18(22)8-12-6-15(21)10-16(7-12)24-17-5-4-14(20)9-13(17)11-19-2/h4-7,9-10,19H,3,8,11H2,1-2H3. The van der Waals surface area contributed by atoms with E-state index in [9.17, 15) is 9.18 Å². The molecule has 0 fully saturated rings. The molecule has 0 spiro atoms. The Morgan fingerprint density at radius 2 is 2.04 bits per heavy atom. The van der Waals surface area contributed by atoms with Crippen LogP contribution in [-0.2, 0) is 22.3 Å². The van der Waals surface area contributed by atoms with Gasteiger partial charge in [0.05, 0.1) is 13.0 Å². The first-order valence-corrected chi connectivity index (χ1v) is 8.72. The number of halogens is 2. The first-order valence-electron chi connectivity index (χ1n) is 7.93. The van der Waals surface area contributed by atoms with Crippen LogP contribution in [0.2, 0.25) is 6.82 Å². The Balaban J connectivity index is 2.23. The summed E-state index contributed by atoms with van der Waals surface area (Å²) in [5.41, 5.74) is 1.57. The van der Waals surface area contributed by atoms with Gasteiger partial charge in [0.2, 0.25) is 0 Å². The van der Waals surface area contributed by atoms with E-state index in [1.54, 1.807) is 13.0 Å².